The van der Waals surface area contributed by atoms with E-state index >= 15 is 0 Å². The molecule has 0 saturated carbocycles. The van der Waals surface area contributed by atoms with Gasteiger partial charge in [0.05, 0.1) is 23.0 Å². The lowest BCUT2D eigenvalue weighted by Gasteiger charge is -2.12. The van der Waals surface area contributed by atoms with Crippen molar-refractivity contribution in [3.63, 3.8) is 0 Å². The van der Waals surface area contributed by atoms with Gasteiger partial charge in [-0.15, -0.1) is 28.3 Å². The molecule has 0 fully saturated rings. The molecule has 6 nitrogen and oxygen atoms in total. The molecule has 0 N–H and O–H groups in total. The zero-order valence-electron chi connectivity index (χ0n) is 13.4. The molecule has 128 valence electrons. The number of fused-ring (bicyclic) bond motifs is 1. The van der Waals surface area contributed by atoms with Gasteiger partial charge in [-0.1, -0.05) is 12.1 Å². The van der Waals surface area contributed by atoms with Gasteiger partial charge in [-0.2, -0.15) is 5.10 Å². The molecule has 0 atom stereocenters. The highest BCUT2D eigenvalue weighted by atomic mass is 79.9. The van der Waals surface area contributed by atoms with E-state index in [1.165, 1.54) is 16.2 Å². The summed E-state index contributed by atoms with van der Waals surface area (Å²) in [4.78, 5) is 30.5. The molecule has 2 amide bonds. The van der Waals surface area contributed by atoms with Crippen LogP contribution in [-0.2, 0) is 13.5 Å². The van der Waals surface area contributed by atoms with Crippen LogP contribution in [0.15, 0.2) is 42.0 Å². The molecule has 0 bridgehead atoms. The van der Waals surface area contributed by atoms with Crippen molar-refractivity contribution < 1.29 is 9.59 Å². The third kappa shape index (κ3) is 3.14. The number of amides is 2. The number of rotatable bonds is 4. The van der Waals surface area contributed by atoms with Crippen molar-refractivity contribution in [2.24, 2.45) is 7.05 Å². The van der Waals surface area contributed by atoms with Gasteiger partial charge >= 0.3 is 0 Å². The number of carbonyl (C=O) groups excluding carboxylic acids is 2. The second kappa shape index (κ2) is 6.89. The summed E-state index contributed by atoms with van der Waals surface area (Å²) < 4.78 is 1.73. The summed E-state index contributed by atoms with van der Waals surface area (Å²) >= 11 is 1.53. The van der Waals surface area contributed by atoms with Crippen molar-refractivity contribution >= 4 is 40.1 Å². The summed E-state index contributed by atoms with van der Waals surface area (Å²) in [6.07, 6.45) is 4.22. The maximum absolute atomic E-state index is 12.3. The molecule has 1 aliphatic heterocycles. The molecule has 1 aliphatic rings. The van der Waals surface area contributed by atoms with E-state index in [1.807, 2.05) is 18.6 Å². The van der Waals surface area contributed by atoms with E-state index in [1.54, 1.807) is 35.1 Å². The molecule has 0 unspecified atom stereocenters. The molecule has 3 aromatic rings. The second-order valence-electron chi connectivity index (χ2n) is 5.60. The fourth-order valence-corrected chi connectivity index (χ4v) is 3.58. The normalized spacial score (nSPS) is 13.1. The van der Waals surface area contributed by atoms with Crippen molar-refractivity contribution in [2.75, 3.05) is 6.54 Å². The summed E-state index contributed by atoms with van der Waals surface area (Å²) in [5, 5.41) is 6.99. The SMILES string of the molecule is Br.Cn1cc(-c2nc(CCN3C(=O)c4ccccc4C3=O)cs2)cn1. The average molecular weight is 419 g/mol. The van der Waals surface area contributed by atoms with Gasteiger partial charge in [0.15, 0.2) is 0 Å². The summed E-state index contributed by atoms with van der Waals surface area (Å²) in [5.74, 6) is -0.448. The Hall–Kier alpha value is -2.32. The van der Waals surface area contributed by atoms with Crippen LogP contribution < -0.4 is 0 Å². The lowest BCUT2D eigenvalue weighted by atomic mass is 10.1. The van der Waals surface area contributed by atoms with Crippen molar-refractivity contribution in [3.8, 4) is 10.6 Å². The van der Waals surface area contributed by atoms with Gasteiger partial charge in [0, 0.05) is 37.2 Å². The number of hydrogen-bond acceptors (Lipinski definition) is 5. The van der Waals surface area contributed by atoms with Crippen molar-refractivity contribution in [2.45, 2.75) is 6.42 Å². The number of aryl methyl sites for hydroxylation is 1. The van der Waals surface area contributed by atoms with Gasteiger partial charge in [-0.25, -0.2) is 4.98 Å². The minimum absolute atomic E-state index is 0. The zero-order chi connectivity index (χ0) is 16.7. The van der Waals surface area contributed by atoms with Crippen LogP contribution in [0.25, 0.3) is 10.6 Å². The first-order valence-electron chi connectivity index (χ1n) is 7.52. The van der Waals surface area contributed by atoms with E-state index in [0.29, 0.717) is 24.1 Å². The number of benzene rings is 1. The molecule has 25 heavy (non-hydrogen) atoms. The van der Waals surface area contributed by atoms with Gasteiger partial charge < -0.3 is 0 Å². The van der Waals surface area contributed by atoms with Gasteiger partial charge in [-0.3, -0.25) is 19.2 Å². The minimum Gasteiger partial charge on any atom is -0.275 e. The first kappa shape index (κ1) is 17.5. The van der Waals surface area contributed by atoms with E-state index in [0.717, 1.165) is 16.3 Å². The fourth-order valence-electron chi connectivity index (χ4n) is 2.75. The second-order valence-corrected chi connectivity index (χ2v) is 6.46. The third-order valence-corrected chi connectivity index (χ3v) is 4.91. The monoisotopic (exact) mass is 418 g/mol. The number of halogens is 1. The van der Waals surface area contributed by atoms with E-state index in [4.69, 9.17) is 0 Å². The molecule has 0 saturated heterocycles. The standard InChI is InChI=1S/C17H14N4O2S.BrH/c1-20-9-11(8-18-20)15-19-12(10-24-15)6-7-21-16(22)13-4-2-3-5-14(13)17(21)23;/h2-5,8-10H,6-7H2,1H3;1H. The Morgan fingerprint density at radius 3 is 2.40 bits per heavy atom. The minimum atomic E-state index is -0.224. The Morgan fingerprint density at radius 1 is 1.12 bits per heavy atom. The molecule has 4 rings (SSSR count). The van der Waals surface area contributed by atoms with E-state index in [-0.39, 0.29) is 28.8 Å². The quantitative estimate of drug-likeness (QED) is 0.610. The maximum Gasteiger partial charge on any atom is 0.261 e. The van der Waals surface area contributed by atoms with Crippen LogP contribution in [0.4, 0.5) is 0 Å². The predicted molar refractivity (Wildman–Crippen MR) is 100 cm³/mol. The maximum atomic E-state index is 12.3. The van der Waals surface area contributed by atoms with Crippen LogP contribution in [0.2, 0.25) is 0 Å². The average Bonchev–Trinajstić information content (AvgIpc) is 3.27. The van der Waals surface area contributed by atoms with Crippen LogP contribution in [-0.4, -0.2) is 38.0 Å². The van der Waals surface area contributed by atoms with Crippen LogP contribution in [0, 0.1) is 0 Å². The fraction of sp³-hybridized carbons (Fsp3) is 0.176. The Bertz CT molecular complexity index is 915. The van der Waals surface area contributed by atoms with Crippen LogP contribution in [0.1, 0.15) is 26.4 Å². The summed E-state index contributed by atoms with van der Waals surface area (Å²) in [6.45, 7) is 0.336. The molecule has 0 radical (unpaired) electrons. The lowest BCUT2D eigenvalue weighted by Crippen LogP contribution is -2.31. The van der Waals surface area contributed by atoms with E-state index in [9.17, 15) is 9.59 Å². The van der Waals surface area contributed by atoms with Crippen molar-refractivity contribution in [1.29, 1.82) is 0 Å². The first-order valence-corrected chi connectivity index (χ1v) is 8.40. The van der Waals surface area contributed by atoms with Gasteiger partial charge in [0.2, 0.25) is 0 Å². The van der Waals surface area contributed by atoms with E-state index in [2.05, 4.69) is 10.1 Å². The number of aromatic nitrogens is 3. The van der Waals surface area contributed by atoms with Crippen LogP contribution >= 0.6 is 28.3 Å². The van der Waals surface area contributed by atoms with Crippen molar-refractivity contribution in [3.05, 3.63) is 58.9 Å². The van der Waals surface area contributed by atoms with Gasteiger partial charge in [-0.05, 0) is 12.1 Å². The van der Waals surface area contributed by atoms with Crippen LogP contribution in [0.5, 0.6) is 0 Å². The number of nitrogens with zero attached hydrogens (tertiary/aromatic N) is 4. The lowest BCUT2D eigenvalue weighted by molar-refractivity contribution is 0.0656. The Labute approximate surface area is 158 Å². The Morgan fingerprint density at radius 2 is 1.80 bits per heavy atom. The molecule has 1 aromatic carbocycles. The highest BCUT2D eigenvalue weighted by Gasteiger charge is 2.34. The van der Waals surface area contributed by atoms with Gasteiger partial charge in [0.25, 0.3) is 11.8 Å². The predicted octanol–water partition coefficient (Wildman–Crippen LogP) is 2.96. The molecular formula is C17H15BrN4O2S. The van der Waals surface area contributed by atoms with Crippen molar-refractivity contribution in [1.82, 2.24) is 19.7 Å². The largest absolute Gasteiger partial charge is 0.275 e. The van der Waals surface area contributed by atoms with E-state index < -0.39 is 0 Å². The molecule has 8 heteroatoms. The van der Waals surface area contributed by atoms with Crippen LogP contribution in [0.3, 0.4) is 0 Å². The molecular weight excluding hydrogens is 404 g/mol. The summed E-state index contributed by atoms with van der Waals surface area (Å²) in [7, 11) is 1.86. The summed E-state index contributed by atoms with van der Waals surface area (Å²) in [6, 6.07) is 6.93. The first-order chi connectivity index (χ1) is 11.6. The highest BCUT2D eigenvalue weighted by molar-refractivity contribution is 8.93. The zero-order valence-corrected chi connectivity index (χ0v) is 15.9. The molecule has 2 aromatic heterocycles. The molecule has 0 aliphatic carbocycles. The molecule has 3 heterocycles. The number of hydrogen-bond donors (Lipinski definition) is 0. The topological polar surface area (TPSA) is 68.1 Å². The Kier molecular flexibility index (Phi) is 4.82. The smallest absolute Gasteiger partial charge is 0.261 e. The number of thiazole rings is 1. The molecule has 0 spiro atoms. The number of imide groups is 1. The highest BCUT2D eigenvalue weighted by Crippen LogP contribution is 2.25. The Balaban J connectivity index is 0.00000182. The third-order valence-electron chi connectivity index (χ3n) is 3.97. The van der Waals surface area contributed by atoms with Gasteiger partial charge in [0.1, 0.15) is 5.01 Å². The summed E-state index contributed by atoms with van der Waals surface area (Å²) in [5.41, 5.74) is 2.80. The number of carbonyl (C=O) groups is 2.